The van der Waals surface area contributed by atoms with E-state index < -0.39 is 0 Å². The molecular weight excluding hydrogens is 322 g/mol. The van der Waals surface area contributed by atoms with Crippen LogP contribution in [0.5, 0.6) is 0 Å². The minimum absolute atomic E-state index is 0.186. The van der Waals surface area contributed by atoms with Crippen LogP contribution < -0.4 is 5.32 Å². The second kappa shape index (κ2) is 6.93. The molecule has 22 heavy (non-hydrogen) atoms. The number of carbonyl (C=O) groups is 2. The van der Waals surface area contributed by atoms with E-state index in [0.29, 0.717) is 18.2 Å². The van der Waals surface area contributed by atoms with Crippen LogP contribution in [0.4, 0.5) is 4.79 Å². The second-order valence-corrected chi connectivity index (χ2v) is 6.68. The molecule has 3 rings (SSSR count). The monoisotopic (exact) mass is 337 g/mol. The van der Waals surface area contributed by atoms with Crippen molar-refractivity contribution in [2.24, 2.45) is 0 Å². The van der Waals surface area contributed by atoms with Crippen LogP contribution in [-0.2, 0) is 17.8 Å². The van der Waals surface area contributed by atoms with Crippen LogP contribution in [0, 0.1) is 0 Å². The number of amides is 3. The van der Waals surface area contributed by atoms with Gasteiger partial charge in [0.05, 0.1) is 5.75 Å². The van der Waals surface area contributed by atoms with E-state index in [2.05, 4.69) is 27.0 Å². The van der Waals surface area contributed by atoms with Crippen LogP contribution in [0.2, 0.25) is 0 Å². The normalized spacial score (nSPS) is 14.4. The molecule has 3 heterocycles. The quantitative estimate of drug-likeness (QED) is 0.802. The first-order valence-corrected chi connectivity index (χ1v) is 8.72. The largest absolute Gasteiger partial charge is 0.336 e. The summed E-state index contributed by atoms with van der Waals surface area (Å²) in [6.45, 7) is 1.73. The summed E-state index contributed by atoms with van der Waals surface area (Å²) in [5.41, 5.74) is 0. The molecule has 0 radical (unpaired) electrons. The van der Waals surface area contributed by atoms with Crippen molar-refractivity contribution in [1.29, 1.82) is 0 Å². The first kappa shape index (κ1) is 15.0. The molecule has 0 atom stereocenters. The summed E-state index contributed by atoms with van der Waals surface area (Å²) in [6, 6.07) is 3.81. The molecule has 2 aromatic heterocycles. The topological polar surface area (TPSA) is 80.1 Å². The lowest BCUT2D eigenvalue weighted by Gasteiger charge is -2.11. The number of imide groups is 1. The van der Waals surface area contributed by atoms with Crippen molar-refractivity contribution in [2.45, 2.75) is 18.1 Å². The molecule has 1 N–H and O–H groups in total. The predicted octanol–water partition coefficient (Wildman–Crippen LogP) is 1.23. The maximum atomic E-state index is 12.0. The van der Waals surface area contributed by atoms with Crippen molar-refractivity contribution >= 4 is 35.0 Å². The Bertz CT molecular complexity index is 655. The third kappa shape index (κ3) is 3.47. The summed E-state index contributed by atoms with van der Waals surface area (Å²) in [4.78, 5) is 26.0. The summed E-state index contributed by atoms with van der Waals surface area (Å²) in [6.07, 6.45) is 2.58. The van der Waals surface area contributed by atoms with Crippen LogP contribution in [0.3, 0.4) is 0 Å². The standard InChI is InChI=1S/C13H15N5O2S2/c19-11(18-6-4-14-12(18)20)8-22-13-16-15-9-17(13)5-3-10-2-1-7-21-10/h1-2,7,9H,3-6,8H2,(H,14,20). The number of nitrogens with zero attached hydrogens (tertiary/aromatic N) is 4. The van der Waals surface area contributed by atoms with Gasteiger partial charge in [0.25, 0.3) is 0 Å². The lowest BCUT2D eigenvalue weighted by Crippen LogP contribution is -2.35. The fraction of sp³-hybridized carbons (Fsp3) is 0.385. The molecule has 1 fully saturated rings. The number of hydrogen-bond acceptors (Lipinski definition) is 6. The molecule has 0 aromatic carbocycles. The molecule has 9 heteroatoms. The van der Waals surface area contributed by atoms with Crippen LogP contribution >= 0.6 is 23.1 Å². The van der Waals surface area contributed by atoms with E-state index in [-0.39, 0.29) is 17.7 Å². The van der Waals surface area contributed by atoms with Gasteiger partial charge in [-0.05, 0) is 17.9 Å². The molecule has 1 saturated heterocycles. The average molecular weight is 337 g/mol. The summed E-state index contributed by atoms with van der Waals surface area (Å²) in [5.74, 6) is -0.0155. The predicted molar refractivity (Wildman–Crippen MR) is 83.9 cm³/mol. The Hall–Kier alpha value is -1.87. The van der Waals surface area contributed by atoms with Crippen molar-refractivity contribution in [2.75, 3.05) is 18.8 Å². The van der Waals surface area contributed by atoms with Crippen molar-refractivity contribution in [1.82, 2.24) is 25.0 Å². The zero-order valence-corrected chi connectivity index (χ0v) is 13.4. The van der Waals surface area contributed by atoms with E-state index in [9.17, 15) is 9.59 Å². The molecule has 0 bridgehead atoms. The number of thioether (sulfide) groups is 1. The molecule has 116 valence electrons. The minimum atomic E-state index is -0.315. The summed E-state index contributed by atoms with van der Waals surface area (Å²) < 4.78 is 1.93. The number of rotatable bonds is 6. The zero-order chi connectivity index (χ0) is 15.4. The van der Waals surface area contributed by atoms with Gasteiger partial charge in [0.1, 0.15) is 6.33 Å². The van der Waals surface area contributed by atoms with Crippen LogP contribution in [0.1, 0.15) is 4.88 Å². The lowest BCUT2D eigenvalue weighted by molar-refractivity contribution is -0.124. The van der Waals surface area contributed by atoms with E-state index in [1.165, 1.54) is 21.5 Å². The van der Waals surface area contributed by atoms with E-state index in [0.717, 1.165) is 13.0 Å². The Morgan fingerprint density at radius 3 is 3.14 bits per heavy atom. The molecule has 0 spiro atoms. The average Bonchev–Trinajstić information content (AvgIpc) is 3.24. The summed E-state index contributed by atoms with van der Waals surface area (Å²) in [7, 11) is 0. The van der Waals surface area contributed by atoms with Gasteiger partial charge in [0.2, 0.25) is 5.91 Å². The number of urea groups is 1. The Labute approximate surface area is 135 Å². The number of carbonyl (C=O) groups excluding carboxylic acids is 2. The Kier molecular flexibility index (Phi) is 4.74. The highest BCUT2D eigenvalue weighted by molar-refractivity contribution is 7.99. The highest BCUT2D eigenvalue weighted by atomic mass is 32.2. The molecule has 0 aliphatic carbocycles. The first-order valence-electron chi connectivity index (χ1n) is 6.85. The smallest absolute Gasteiger partial charge is 0.324 e. The van der Waals surface area contributed by atoms with E-state index in [1.807, 2.05) is 10.6 Å². The first-order chi connectivity index (χ1) is 10.7. The number of aryl methyl sites for hydroxylation is 2. The molecule has 1 aliphatic heterocycles. The number of thiophene rings is 1. The van der Waals surface area contributed by atoms with Gasteiger partial charge in [0, 0.05) is 24.5 Å². The highest BCUT2D eigenvalue weighted by Gasteiger charge is 2.26. The molecule has 2 aromatic rings. The second-order valence-electron chi connectivity index (χ2n) is 4.70. The molecular formula is C13H15N5O2S2. The molecule has 7 nitrogen and oxygen atoms in total. The van der Waals surface area contributed by atoms with Gasteiger partial charge in [-0.2, -0.15) is 0 Å². The van der Waals surface area contributed by atoms with E-state index in [4.69, 9.17) is 0 Å². The van der Waals surface area contributed by atoms with Crippen molar-refractivity contribution in [3.63, 3.8) is 0 Å². The van der Waals surface area contributed by atoms with Gasteiger partial charge in [-0.1, -0.05) is 17.8 Å². The van der Waals surface area contributed by atoms with Crippen molar-refractivity contribution in [3.8, 4) is 0 Å². The Morgan fingerprint density at radius 1 is 1.50 bits per heavy atom. The van der Waals surface area contributed by atoms with Crippen LogP contribution in [0.25, 0.3) is 0 Å². The van der Waals surface area contributed by atoms with E-state index in [1.54, 1.807) is 17.7 Å². The maximum Gasteiger partial charge on any atom is 0.324 e. The number of nitrogens with one attached hydrogen (secondary N) is 1. The molecule has 1 aliphatic rings. The van der Waals surface area contributed by atoms with Crippen LogP contribution in [-0.4, -0.2) is 50.4 Å². The Morgan fingerprint density at radius 2 is 2.41 bits per heavy atom. The van der Waals surface area contributed by atoms with Gasteiger partial charge in [-0.15, -0.1) is 21.5 Å². The summed E-state index contributed by atoms with van der Waals surface area (Å²) in [5, 5.41) is 13.3. The van der Waals surface area contributed by atoms with Gasteiger partial charge in [-0.25, -0.2) is 4.79 Å². The molecule has 0 unspecified atom stereocenters. The van der Waals surface area contributed by atoms with Gasteiger partial charge in [0.15, 0.2) is 5.16 Å². The Balaban J connectivity index is 1.53. The third-order valence-corrected chi connectivity index (χ3v) is 5.14. The molecule has 3 amide bonds. The zero-order valence-electron chi connectivity index (χ0n) is 11.8. The van der Waals surface area contributed by atoms with Crippen molar-refractivity contribution < 1.29 is 9.59 Å². The SMILES string of the molecule is O=C(CSc1nncn1CCc1cccs1)N1CCNC1=O. The van der Waals surface area contributed by atoms with Gasteiger partial charge in [-0.3, -0.25) is 9.69 Å². The number of hydrogen-bond donors (Lipinski definition) is 1. The lowest BCUT2D eigenvalue weighted by atomic mass is 10.3. The molecule has 0 saturated carbocycles. The highest BCUT2D eigenvalue weighted by Crippen LogP contribution is 2.17. The van der Waals surface area contributed by atoms with Crippen LogP contribution in [0.15, 0.2) is 29.0 Å². The maximum absolute atomic E-state index is 12.0. The third-order valence-electron chi connectivity index (χ3n) is 3.24. The number of aromatic nitrogens is 3. The fourth-order valence-corrected chi connectivity index (χ4v) is 3.62. The van der Waals surface area contributed by atoms with Gasteiger partial charge < -0.3 is 9.88 Å². The minimum Gasteiger partial charge on any atom is -0.336 e. The van der Waals surface area contributed by atoms with E-state index >= 15 is 0 Å². The van der Waals surface area contributed by atoms with Gasteiger partial charge >= 0.3 is 6.03 Å². The summed E-state index contributed by atoms with van der Waals surface area (Å²) >= 11 is 3.03. The fourth-order valence-electron chi connectivity index (χ4n) is 2.11. The van der Waals surface area contributed by atoms with Crippen molar-refractivity contribution in [3.05, 3.63) is 28.7 Å².